The van der Waals surface area contributed by atoms with Crippen LogP contribution in [0.15, 0.2) is 41.6 Å². The van der Waals surface area contributed by atoms with E-state index in [-0.39, 0.29) is 24.8 Å². The van der Waals surface area contributed by atoms with Crippen LogP contribution in [0.3, 0.4) is 0 Å². The van der Waals surface area contributed by atoms with Crippen molar-refractivity contribution in [2.45, 2.75) is 18.3 Å². The van der Waals surface area contributed by atoms with Crippen LogP contribution in [0, 0.1) is 5.82 Å². The second kappa shape index (κ2) is 11.9. The van der Waals surface area contributed by atoms with Crippen molar-refractivity contribution in [3.8, 4) is 11.5 Å². The molecule has 0 amide bonds. The molecular formula is C19H21Cl2FN5O2S-. The van der Waals surface area contributed by atoms with Gasteiger partial charge in [0.05, 0.1) is 12.1 Å². The summed E-state index contributed by atoms with van der Waals surface area (Å²) >= 11 is 7.64. The van der Waals surface area contributed by atoms with Crippen molar-refractivity contribution in [3.05, 3.63) is 58.4 Å². The van der Waals surface area contributed by atoms with E-state index in [1.54, 1.807) is 29.6 Å². The number of tetrazole rings is 1. The van der Waals surface area contributed by atoms with Crippen LogP contribution in [-0.4, -0.2) is 39.6 Å². The maximum absolute atomic E-state index is 13.2. The van der Waals surface area contributed by atoms with Gasteiger partial charge < -0.3 is 27.2 Å². The summed E-state index contributed by atoms with van der Waals surface area (Å²) in [5.74, 6) is 1.70. The van der Waals surface area contributed by atoms with E-state index in [0.717, 1.165) is 23.0 Å². The van der Waals surface area contributed by atoms with Crippen LogP contribution in [0.4, 0.5) is 4.39 Å². The van der Waals surface area contributed by atoms with Gasteiger partial charge in [0.15, 0.2) is 11.5 Å². The molecule has 0 saturated carbocycles. The van der Waals surface area contributed by atoms with Crippen LogP contribution in [0.5, 0.6) is 11.5 Å². The second-order valence-electron chi connectivity index (χ2n) is 6.12. The molecule has 30 heavy (non-hydrogen) atoms. The molecule has 0 unspecified atom stereocenters. The maximum atomic E-state index is 13.2. The SMILES string of the molecule is COc1cc(CNCCSc2nnnn2C)ccc1OCc1ccc(F)cc1Cl.[Cl-]. The van der Waals surface area contributed by atoms with Crippen molar-refractivity contribution < 1.29 is 26.3 Å². The third-order valence-corrected chi connectivity index (χ3v) is 5.41. The van der Waals surface area contributed by atoms with Gasteiger partial charge in [0.1, 0.15) is 12.4 Å². The Morgan fingerprint density at radius 2 is 2.03 bits per heavy atom. The Morgan fingerprint density at radius 3 is 2.73 bits per heavy atom. The van der Waals surface area contributed by atoms with E-state index in [9.17, 15) is 4.39 Å². The zero-order chi connectivity index (χ0) is 20.6. The number of aryl methyl sites for hydroxylation is 1. The molecule has 1 N–H and O–H groups in total. The molecule has 0 aliphatic rings. The van der Waals surface area contributed by atoms with Crippen molar-refractivity contribution >= 4 is 23.4 Å². The summed E-state index contributed by atoms with van der Waals surface area (Å²) in [6.45, 7) is 1.72. The van der Waals surface area contributed by atoms with E-state index >= 15 is 0 Å². The van der Waals surface area contributed by atoms with Gasteiger partial charge in [-0.15, -0.1) is 5.10 Å². The summed E-state index contributed by atoms with van der Waals surface area (Å²) < 4.78 is 26.0. The quantitative estimate of drug-likeness (QED) is 0.339. The first-order valence-electron chi connectivity index (χ1n) is 8.86. The van der Waals surface area contributed by atoms with Crippen LogP contribution in [-0.2, 0) is 20.2 Å². The third-order valence-electron chi connectivity index (χ3n) is 4.05. The summed E-state index contributed by atoms with van der Waals surface area (Å²) in [5.41, 5.74) is 1.77. The number of aromatic nitrogens is 4. The molecule has 0 bridgehead atoms. The normalized spacial score (nSPS) is 10.5. The topological polar surface area (TPSA) is 74.1 Å². The standard InChI is InChI=1S/C19H21ClFN5O2S.ClH/c1-26-19(23-24-25-26)29-8-7-22-11-13-3-6-17(18(9-13)27-2)28-12-14-4-5-15(21)10-16(14)20;/h3-6,9-10,22H,7-8,11-12H2,1-2H3;1H/p-1. The van der Waals surface area contributed by atoms with Gasteiger partial charge in [-0.3, -0.25) is 0 Å². The Labute approximate surface area is 189 Å². The van der Waals surface area contributed by atoms with Gasteiger partial charge in [0, 0.05) is 31.5 Å². The fourth-order valence-corrected chi connectivity index (χ4v) is 3.49. The fraction of sp³-hybridized carbons (Fsp3) is 0.316. The molecule has 1 heterocycles. The summed E-state index contributed by atoms with van der Waals surface area (Å²) in [7, 11) is 3.41. The average Bonchev–Trinajstić information content (AvgIpc) is 3.12. The number of ether oxygens (including phenoxy) is 2. The average molecular weight is 473 g/mol. The number of hydrogen-bond donors (Lipinski definition) is 1. The van der Waals surface area contributed by atoms with Crippen molar-refractivity contribution in [2.75, 3.05) is 19.4 Å². The summed E-state index contributed by atoms with van der Waals surface area (Å²) in [4.78, 5) is 0. The number of hydrogen-bond acceptors (Lipinski definition) is 7. The smallest absolute Gasteiger partial charge is 0.209 e. The molecule has 162 valence electrons. The van der Waals surface area contributed by atoms with Crippen molar-refractivity contribution in [1.82, 2.24) is 25.5 Å². The highest BCUT2D eigenvalue weighted by Crippen LogP contribution is 2.29. The highest BCUT2D eigenvalue weighted by atomic mass is 35.5. The van der Waals surface area contributed by atoms with Crippen LogP contribution >= 0.6 is 23.4 Å². The van der Waals surface area contributed by atoms with Gasteiger partial charge in [0.2, 0.25) is 5.16 Å². The lowest BCUT2D eigenvalue weighted by Gasteiger charge is -2.13. The number of thioether (sulfide) groups is 1. The molecule has 0 saturated heterocycles. The van der Waals surface area contributed by atoms with Crippen molar-refractivity contribution in [1.29, 1.82) is 0 Å². The number of rotatable bonds is 10. The zero-order valence-corrected chi connectivity index (χ0v) is 18.8. The minimum atomic E-state index is -0.375. The summed E-state index contributed by atoms with van der Waals surface area (Å²) in [6.07, 6.45) is 0. The Kier molecular flexibility index (Phi) is 9.64. The Bertz CT molecular complexity index is 960. The van der Waals surface area contributed by atoms with Gasteiger partial charge in [-0.05, 0) is 40.3 Å². The highest BCUT2D eigenvalue weighted by molar-refractivity contribution is 7.99. The summed E-state index contributed by atoms with van der Waals surface area (Å²) in [6, 6.07) is 9.98. The molecule has 0 fully saturated rings. The van der Waals surface area contributed by atoms with Gasteiger partial charge in [-0.1, -0.05) is 35.5 Å². The minimum Gasteiger partial charge on any atom is -1.00 e. The zero-order valence-electron chi connectivity index (χ0n) is 16.4. The molecular weight excluding hydrogens is 452 g/mol. The van der Waals surface area contributed by atoms with Crippen molar-refractivity contribution in [2.24, 2.45) is 7.05 Å². The van der Waals surface area contributed by atoms with Crippen LogP contribution in [0.2, 0.25) is 5.02 Å². The molecule has 0 atom stereocenters. The molecule has 0 aliphatic carbocycles. The van der Waals surface area contributed by atoms with Gasteiger partial charge >= 0.3 is 0 Å². The second-order valence-corrected chi connectivity index (χ2v) is 7.59. The molecule has 0 radical (unpaired) electrons. The highest BCUT2D eigenvalue weighted by Gasteiger charge is 2.09. The number of nitrogens with one attached hydrogen (secondary N) is 1. The predicted molar refractivity (Wildman–Crippen MR) is 110 cm³/mol. The number of methoxy groups -OCH3 is 1. The van der Waals surface area contributed by atoms with Crippen LogP contribution < -0.4 is 27.2 Å². The minimum absolute atomic E-state index is 0. The number of nitrogens with zero attached hydrogens (tertiary/aromatic N) is 4. The van der Waals surface area contributed by atoms with Gasteiger partial charge in [-0.25, -0.2) is 9.07 Å². The lowest BCUT2D eigenvalue weighted by Crippen LogP contribution is -3.00. The molecule has 11 heteroatoms. The molecule has 1 aromatic heterocycles. The third kappa shape index (κ3) is 6.73. The Hall–Kier alpha value is -2.07. The first kappa shape index (κ1) is 24.2. The van der Waals surface area contributed by atoms with Crippen LogP contribution in [0.1, 0.15) is 11.1 Å². The largest absolute Gasteiger partial charge is 1.00 e. The lowest BCUT2D eigenvalue weighted by atomic mass is 10.2. The van der Waals surface area contributed by atoms with Crippen molar-refractivity contribution in [3.63, 3.8) is 0 Å². The summed E-state index contributed by atoms with van der Waals surface area (Å²) in [5, 5.41) is 15.8. The molecule has 2 aromatic carbocycles. The van der Waals surface area contributed by atoms with E-state index in [0.29, 0.717) is 28.6 Å². The van der Waals surface area contributed by atoms with E-state index in [1.165, 1.54) is 12.1 Å². The number of halogens is 3. The van der Waals surface area contributed by atoms with E-state index < -0.39 is 0 Å². The first-order valence-corrected chi connectivity index (χ1v) is 10.2. The monoisotopic (exact) mass is 472 g/mol. The van der Waals surface area contributed by atoms with E-state index in [2.05, 4.69) is 20.8 Å². The first-order chi connectivity index (χ1) is 14.1. The lowest BCUT2D eigenvalue weighted by molar-refractivity contribution is -0.00000723. The maximum Gasteiger partial charge on any atom is 0.209 e. The molecule has 0 spiro atoms. The Balaban J connectivity index is 0.00000320. The van der Waals surface area contributed by atoms with E-state index in [4.69, 9.17) is 21.1 Å². The van der Waals surface area contributed by atoms with Crippen LogP contribution in [0.25, 0.3) is 0 Å². The van der Waals surface area contributed by atoms with Gasteiger partial charge in [-0.2, -0.15) is 0 Å². The Morgan fingerprint density at radius 1 is 1.20 bits per heavy atom. The molecule has 7 nitrogen and oxygen atoms in total. The van der Waals surface area contributed by atoms with Gasteiger partial charge in [0.25, 0.3) is 0 Å². The van der Waals surface area contributed by atoms with E-state index in [1.807, 2.05) is 25.2 Å². The molecule has 3 rings (SSSR count). The predicted octanol–water partition coefficient (Wildman–Crippen LogP) is 0.476. The number of benzene rings is 2. The molecule has 3 aromatic rings. The fourth-order valence-electron chi connectivity index (χ4n) is 2.53. The molecule has 0 aliphatic heterocycles.